The van der Waals surface area contributed by atoms with Crippen LogP contribution in [0.2, 0.25) is 0 Å². The summed E-state index contributed by atoms with van der Waals surface area (Å²) in [6.45, 7) is 3.71. The van der Waals surface area contributed by atoms with Crippen molar-refractivity contribution in [1.29, 1.82) is 0 Å². The van der Waals surface area contributed by atoms with Crippen LogP contribution in [0, 0.1) is 12.3 Å². The Kier molecular flexibility index (Phi) is 3.48. The summed E-state index contributed by atoms with van der Waals surface area (Å²) >= 11 is 0. The van der Waals surface area contributed by atoms with E-state index >= 15 is 0 Å². The molecule has 16 heavy (non-hydrogen) atoms. The Morgan fingerprint density at radius 3 is 2.38 bits per heavy atom. The molecular weight excluding hydrogens is 217 g/mol. The highest BCUT2D eigenvalue weighted by Crippen LogP contribution is 2.30. The van der Waals surface area contributed by atoms with Crippen LogP contribution in [-0.2, 0) is 0 Å². The normalized spacial score (nSPS) is 11.3. The lowest BCUT2D eigenvalue weighted by atomic mass is 9.97. The molecule has 1 rings (SSSR count). The predicted molar refractivity (Wildman–Crippen MR) is 55.1 cm³/mol. The van der Waals surface area contributed by atoms with Crippen molar-refractivity contribution in [2.75, 3.05) is 0 Å². The number of rotatable bonds is 2. The van der Waals surface area contributed by atoms with Crippen LogP contribution in [0.1, 0.15) is 30.9 Å². The second-order valence-corrected chi connectivity index (χ2v) is 3.57. The summed E-state index contributed by atoms with van der Waals surface area (Å²) in [5.41, 5.74) is 0.832. The van der Waals surface area contributed by atoms with Crippen LogP contribution in [0.25, 0.3) is 0 Å². The van der Waals surface area contributed by atoms with Crippen molar-refractivity contribution in [2.24, 2.45) is 0 Å². The summed E-state index contributed by atoms with van der Waals surface area (Å²) < 4.78 is 40.2. The fourth-order valence-corrected chi connectivity index (χ4v) is 1.39. The number of terminal acetylenes is 1. The van der Waals surface area contributed by atoms with E-state index in [2.05, 4.69) is 10.7 Å². The molecule has 0 bridgehead atoms. The molecule has 0 spiro atoms. The highest BCUT2D eigenvalue weighted by molar-refractivity contribution is 5.51. The van der Waals surface area contributed by atoms with Crippen molar-refractivity contribution in [3.8, 4) is 18.1 Å². The molecule has 4 heteroatoms. The predicted octanol–water partition coefficient (Wildman–Crippen LogP) is 3.69. The Morgan fingerprint density at radius 2 is 1.94 bits per heavy atom. The highest BCUT2D eigenvalue weighted by Gasteiger charge is 2.32. The zero-order valence-electron chi connectivity index (χ0n) is 8.93. The van der Waals surface area contributed by atoms with Gasteiger partial charge in [-0.2, -0.15) is 0 Å². The quantitative estimate of drug-likeness (QED) is 0.701. The van der Waals surface area contributed by atoms with Crippen LogP contribution in [0.4, 0.5) is 13.2 Å². The first kappa shape index (κ1) is 12.4. The van der Waals surface area contributed by atoms with Crippen LogP contribution in [0.15, 0.2) is 18.2 Å². The van der Waals surface area contributed by atoms with Crippen molar-refractivity contribution in [3.05, 3.63) is 29.3 Å². The molecule has 1 aromatic carbocycles. The van der Waals surface area contributed by atoms with Gasteiger partial charge in [-0.25, -0.2) is 0 Å². The third kappa shape index (κ3) is 2.93. The summed E-state index contributed by atoms with van der Waals surface area (Å²) in [5, 5.41) is 0. The van der Waals surface area contributed by atoms with E-state index in [4.69, 9.17) is 6.42 Å². The van der Waals surface area contributed by atoms with Crippen molar-refractivity contribution < 1.29 is 17.9 Å². The highest BCUT2D eigenvalue weighted by atomic mass is 19.4. The maximum Gasteiger partial charge on any atom is 0.573 e. The van der Waals surface area contributed by atoms with E-state index in [9.17, 15) is 13.2 Å². The largest absolute Gasteiger partial charge is 0.573 e. The minimum Gasteiger partial charge on any atom is -0.404 e. The molecule has 0 aliphatic carbocycles. The van der Waals surface area contributed by atoms with Crippen molar-refractivity contribution >= 4 is 0 Å². The monoisotopic (exact) mass is 228 g/mol. The fraction of sp³-hybridized carbons (Fsp3) is 0.333. The summed E-state index contributed by atoms with van der Waals surface area (Å²) in [5.74, 6) is 1.97. The van der Waals surface area contributed by atoms with Crippen LogP contribution in [0.3, 0.4) is 0 Å². The van der Waals surface area contributed by atoms with Crippen LogP contribution < -0.4 is 4.74 Å². The zero-order valence-corrected chi connectivity index (χ0v) is 8.93. The summed E-state index contributed by atoms with van der Waals surface area (Å²) in [6, 6.07) is 4.41. The van der Waals surface area contributed by atoms with E-state index in [1.54, 1.807) is 6.07 Å². The Morgan fingerprint density at radius 1 is 1.31 bits per heavy atom. The molecule has 1 nitrogen and oxygen atoms in total. The SMILES string of the molecule is C#Cc1c(OC(F)(F)F)cccc1C(C)C. The van der Waals surface area contributed by atoms with E-state index in [-0.39, 0.29) is 17.2 Å². The molecule has 0 unspecified atom stereocenters. The molecule has 0 aromatic heterocycles. The number of hydrogen-bond donors (Lipinski definition) is 0. The molecular formula is C12H11F3O. The first-order valence-electron chi connectivity index (χ1n) is 4.70. The van der Waals surface area contributed by atoms with Gasteiger partial charge in [0.1, 0.15) is 5.75 Å². The lowest BCUT2D eigenvalue weighted by molar-refractivity contribution is -0.274. The molecule has 0 saturated carbocycles. The van der Waals surface area contributed by atoms with Gasteiger partial charge < -0.3 is 4.74 Å². The fourth-order valence-electron chi connectivity index (χ4n) is 1.39. The molecule has 0 aliphatic heterocycles. The van der Waals surface area contributed by atoms with Gasteiger partial charge in [-0.3, -0.25) is 0 Å². The van der Waals surface area contributed by atoms with E-state index in [1.807, 2.05) is 13.8 Å². The molecule has 0 saturated heterocycles. The van der Waals surface area contributed by atoms with E-state index in [0.717, 1.165) is 0 Å². The zero-order chi connectivity index (χ0) is 12.3. The summed E-state index contributed by atoms with van der Waals surface area (Å²) in [4.78, 5) is 0. The Hall–Kier alpha value is -1.63. The van der Waals surface area contributed by atoms with Gasteiger partial charge in [0, 0.05) is 0 Å². The van der Waals surface area contributed by atoms with Crippen LogP contribution >= 0.6 is 0 Å². The van der Waals surface area contributed by atoms with Crippen molar-refractivity contribution in [1.82, 2.24) is 0 Å². The Balaban J connectivity index is 3.21. The van der Waals surface area contributed by atoms with E-state index in [0.29, 0.717) is 5.56 Å². The first-order valence-corrected chi connectivity index (χ1v) is 4.70. The second-order valence-electron chi connectivity index (χ2n) is 3.57. The van der Waals surface area contributed by atoms with E-state index < -0.39 is 6.36 Å². The molecule has 1 aromatic rings. The van der Waals surface area contributed by atoms with Crippen LogP contribution in [-0.4, -0.2) is 6.36 Å². The minimum atomic E-state index is -4.72. The minimum absolute atomic E-state index is 0.0443. The standard InChI is InChI=1S/C12H11F3O/c1-4-9-10(8(2)3)6-5-7-11(9)16-12(13,14)15/h1,5-8H,2-3H3. The van der Waals surface area contributed by atoms with Crippen molar-refractivity contribution in [3.63, 3.8) is 0 Å². The lowest BCUT2D eigenvalue weighted by Gasteiger charge is -2.15. The smallest absolute Gasteiger partial charge is 0.404 e. The number of hydrogen-bond acceptors (Lipinski definition) is 1. The Labute approximate surface area is 92.2 Å². The average molecular weight is 228 g/mol. The number of benzene rings is 1. The van der Waals surface area contributed by atoms with E-state index in [1.165, 1.54) is 12.1 Å². The number of ether oxygens (including phenoxy) is 1. The maximum atomic E-state index is 12.1. The topological polar surface area (TPSA) is 9.23 Å². The average Bonchev–Trinajstić information content (AvgIpc) is 2.14. The van der Waals surface area contributed by atoms with Crippen LogP contribution in [0.5, 0.6) is 5.75 Å². The maximum absolute atomic E-state index is 12.1. The van der Waals surface area contributed by atoms with Gasteiger partial charge in [-0.1, -0.05) is 31.9 Å². The summed E-state index contributed by atoms with van der Waals surface area (Å²) in [6.07, 6.45) is 0.490. The number of halogens is 3. The molecule has 0 amide bonds. The summed E-state index contributed by atoms with van der Waals surface area (Å²) in [7, 11) is 0. The lowest BCUT2D eigenvalue weighted by Crippen LogP contribution is -2.18. The third-order valence-electron chi connectivity index (χ3n) is 2.05. The first-order chi connectivity index (χ1) is 7.35. The molecule has 86 valence electrons. The van der Waals surface area contributed by atoms with Gasteiger partial charge in [0.05, 0.1) is 5.56 Å². The van der Waals surface area contributed by atoms with Gasteiger partial charge in [-0.05, 0) is 17.5 Å². The molecule has 0 aliphatic rings. The number of alkyl halides is 3. The Bertz CT molecular complexity index is 413. The van der Waals surface area contributed by atoms with Gasteiger partial charge in [0.2, 0.25) is 0 Å². The molecule has 0 fully saturated rings. The third-order valence-corrected chi connectivity index (χ3v) is 2.05. The molecule has 0 atom stereocenters. The molecule has 0 heterocycles. The van der Waals surface area contributed by atoms with Crippen molar-refractivity contribution in [2.45, 2.75) is 26.1 Å². The molecule has 0 radical (unpaired) electrons. The van der Waals surface area contributed by atoms with Gasteiger partial charge >= 0.3 is 6.36 Å². The van der Waals surface area contributed by atoms with Gasteiger partial charge in [-0.15, -0.1) is 19.6 Å². The second kappa shape index (κ2) is 4.48. The van der Waals surface area contributed by atoms with Gasteiger partial charge in [0.25, 0.3) is 0 Å². The van der Waals surface area contributed by atoms with Gasteiger partial charge in [0.15, 0.2) is 0 Å². The molecule has 0 N–H and O–H groups in total.